The molecule has 1 N–H and O–H groups in total. The zero-order valence-corrected chi connectivity index (χ0v) is 12.4. The number of carboxylic acid groups (broad SMARTS) is 1. The lowest BCUT2D eigenvalue weighted by atomic mass is 9.87. The molecule has 0 aliphatic carbocycles. The lowest BCUT2D eigenvalue weighted by Gasteiger charge is -2.41. The molecular weight excluding hydrogens is 318 g/mol. The van der Waals surface area contributed by atoms with Gasteiger partial charge in [-0.05, 0) is 29.7 Å². The van der Waals surface area contributed by atoms with E-state index in [-0.39, 0.29) is 11.8 Å². The van der Waals surface area contributed by atoms with E-state index in [1.165, 1.54) is 0 Å². The fourth-order valence-corrected chi connectivity index (χ4v) is 2.75. The topological polar surface area (TPSA) is 40.5 Å². The van der Waals surface area contributed by atoms with Crippen LogP contribution in [-0.4, -0.2) is 29.1 Å². The minimum absolute atomic E-state index is 0.258. The molecule has 0 aromatic heterocycles. The molecule has 0 saturated carbocycles. The molecule has 1 fully saturated rings. The van der Waals surface area contributed by atoms with Crippen molar-refractivity contribution in [1.82, 2.24) is 4.90 Å². The fourth-order valence-electron chi connectivity index (χ4n) is 2.16. The molecule has 1 aromatic carbocycles. The molecule has 0 amide bonds. The van der Waals surface area contributed by atoms with E-state index in [0.717, 1.165) is 34.7 Å². The molecule has 1 atom stereocenters. The first-order chi connectivity index (χ1) is 8.47. The Labute approximate surface area is 120 Å². The molecule has 0 radical (unpaired) electrons. The standard InChI is InChI=1S/C13H15BrClNO2/c1-8(13(17)18)10-6-16(7-10)5-9-4-11(14)2-3-12(9)15/h2-4,8,10H,5-7H2,1H3,(H,17,18). The van der Waals surface area contributed by atoms with Crippen molar-refractivity contribution in [3.8, 4) is 0 Å². The lowest BCUT2D eigenvalue weighted by molar-refractivity contribution is -0.145. The Kier molecular flexibility index (Phi) is 4.30. The van der Waals surface area contributed by atoms with Crippen LogP contribution in [0, 0.1) is 11.8 Å². The maximum absolute atomic E-state index is 10.9. The molecule has 18 heavy (non-hydrogen) atoms. The van der Waals surface area contributed by atoms with Crippen LogP contribution in [0.1, 0.15) is 12.5 Å². The van der Waals surface area contributed by atoms with Crippen molar-refractivity contribution in [2.45, 2.75) is 13.5 Å². The summed E-state index contributed by atoms with van der Waals surface area (Å²) in [6.07, 6.45) is 0. The van der Waals surface area contributed by atoms with Crippen LogP contribution in [0.4, 0.5) is 0 Å². The highest BCUT2D eigenvalue weighted by Crippen LogP contribution is 2.28. The number of hydrogen-bond donors (Lipinski definition) is 1. The van der Waals surface area contributed by atoms with Gasteiger partial charge in [-0.15, -0.1) is 0 Å². The maximum Gasteiger partial charge on any atom is 0.306 e. The number of carboxylic acids is 1. The number of carbonyl (C=O) groups is 1. The molecule has 1 aliphatic heterocycles. The molecule has 1 heterocycles. The molecular formula is C13H15BrClNO2. The summed E-state index contributed by atoms with van der Waals surface area (Å²) in [5, 5.41) is 9.69. The number of rotatable bonds is 4. The fraction of sp³-hybridized carbons (Fsp3) is 0.462. The second kappa shape index (κ2) is 5.59. The second-order valence-corrected chi connectivity index (χ2v) is 6.14. The minimum Gasteiger partial charge on any atom is -0.481 e. The number of aliphatic carboxylic acids is 1. The molecule has 98 valence electrons. The van der Waals surface area contributed by atoms with E-state index in [9.17, 15) is 4.79 Å². The third-order valence-corrected chi connectivity index (χ3v) is 4.35. The van der Waals surface area contributed by atoms with Crippen molar-refractivity contribution in [2.24, 2.45) is 11.8 Å². The maximum atomic E-state index is 10.9. The molecule has 3 nitrogen and oxygen atoms in total. The third-order valence-electron chi connectivity index (χ3n) is 3.48. The molecule has 0 bridgehead atoms. The van der Waals surface area contributed by atoms with Crippen LogP contribution in [-0.2, 0) is 11.3 Å². The quantitative estimate of drug-likeness (QED) is 0.920. The average Bonchev–Trinajstić information content (AvgIpc) is 2.26. The first kappa shape index (κ1) is 13.8. The smallest absolute Gasteiger partial charge is 0.306 e. The van der Waals surface area contributed by atoms with E-state index in [0.29, 0.717) is 0 Å². The highest BCUT2D eigenvalue weighted by Gasteiger charge is 2.34. The Balaban J connectivity index is 1.90. The minimum atomic E-state index is -0.708. The Bertz CT molecular complexity index is 460. The number of hydrogen-bond acceptors (Lipinski definition) is 2. The van der Waals surface area contributed by atoms with Crippen molar-refractivity contribution in [3.63, 3.8) is 0 Å². The average molecular weight is 333 g/mol. The van der Waals surface area contributed by atoms with Crippen LogP contribution < -0.4 is 0 Å². The van der Waals surface area contributed by atoms with Crippen molar-refractivity contribution < 1.29 is 9.90 Å². The zero-order valence-electron chi connectivity index (χ0n) is 10.1. The molecule has 1 unspecified atom stereocenters. The van der Waals surface area contributed by atoms with Gasteiger partial charge in [0.15, 0.2) is 0 Å². The monoisotopic (exact) mass is 331 g/mol. The molecule has 0 spiro atoms. The summed E-state index contributed by atoms with van der Waals surface area (Å²) in [5.41, 5.74) is 1.08. The number of halogens is 2. The molecule has 2 rings (SSSR count). The van der Waals surface area contributed by atoms with E-state index in [1.54, 1.807) is 6.92 Å². The SMILES string of the molecule is CC(C(=O)O)C1CN(Cc2cc(Br)ccc2Cl)C1. The molecule has 1 aliphatic rings. The van der Waals surface area contributed by atoms with Crippen LogP contribution in [0.3, 0.4) is 0 Å². The Hall–Kier alpha value is -0.580. The van der Waals surface area contributed by atoms with Crippen molar-refractivity contribution in [2.75, 3.05) is 13.1 Å². The van der Waals surface area contributed by atoms with Crippen molar-refractivity contribution in [3.05, 3.63) is 33.3 Å². The predicted octanol–water partition coefficient (Wildman–Crippen LogP) is 3.26. The van der Waals surface area contributed by atoms with Gasteiger partial charge in [0.2, 0.25) is 0 Å². The summed E-state index contributed by atoms with van der Waals surface area (Å²) in [6.45, 7) is 4.21. The molecule has 5 heteroatoms. The van der Waals surface area contributed by atoms with Crippen LogP contribution in [0.5, 0.6) is 0 Å². The highest BCUT2D eigenvalue weighted by atomic mass is 79.9. The van der Waals surface area contributed by atoms with Gasteiger partial charge in [0.25, 0.3) is 0 Å². The van der Waals surface area contributed by atoms with Gasteiger partial charge in [-0.2, -0.15) is 0 Å². The Morgan fingerprint density at radius 1 is 1.61 bits per heavy atom. The molecule has 1 saturated heterocycles. The van der Waals surface area contributed by atoms with Crippen LogP contribution in [0.15, 0.2) is 22.7 Å². The largest absolute Gasteiger partial charge is 0.481 e. The summed E-state index contributed by atoms with van der Waals surface area (Å²) in [4.78, 5) is 13.1. The highest BCUT2D eigenvalue weighted by molar-refractivity contribution is 9.10. The van der Waals surface area contributed by atoms with E-state index in [2.05, 4.69) is 20.8 Å². The van der Waals surface area contributed by atoms with Crippen LogP contribution >= 0.6 is 27.5 Å². The second-order valence-electron chi connectivity index (χ2n) is 4.82. The van der Waals surface area contributed by atoms with Crippen molar-refractivity contribution >= 4 is 33.5 Å². The van der Waals surface area contributed by atoms with Gasteiger partial charge < -0.3 is 5.11 Å². The number of nitrogens with zero attached hydrogens (tertiary/aromatic N) is 1. The van der Waals surface area contributed by atoms with Gasteiger partial charge in [-0.3, -0.25) is 9.69 Å². The van der Waals surface area contributed by atoms with Crippen LogP contribution in [0.25, 0.3) is 0 Å². The normalized spacial score (nSPS) is 18.4. The van der Waals surface area contributed by atoms with E-state index >= 15 is 0 Å². The number of benzene rings is 1. The summed E-state index contributed by atoms with van der Waals surface area (Å²) in [7, 11) is 0. The summed E-state index contributed by atoms with van der Waals surface area (Å²) in [5.74, 6) is -0.715. The molecule has 1 aromatic rings. The van der Waals surface area contributed by atoms with Crippen LogP contribution in [0.2, 0.25) is 5.02 Å². The summed E-state index contributed by atoms with van der Waals surface area (Å²) in [6, 6.07) is 5.80. The third kappa shape index (κ3) is 3.05. The van der Waals surface area contributed by atoms with Gasteiger partial charge in [0.1, 0.15) is 0 Å². The lowest BCUT2D eigenvalue weighted by Crippen LogP contribution is -2.50. The van der Waals surface area contributed by atoms with E-state index in [4.69, 9.17) is 16.7 Å². The first-order valence-electron chi connectivity index (χ1n) is 5.86. The van der Waals surface area contributed by atoms with Gasteiger partial charge in [-0.1, -0.05) is 34.5 Å². The van der Waals surface area contributed by atoms with Gasteiger partial charge in [0, 0.05) is 29.1 Å². The van der Waals surface area contributed by atoms with E-state index in [1.807, 2.05) is 18.2 Å². The predicted molar refractivity (Wildman–Crippen MR) is 74.7 cm³/mol. The summed E-state index contributed by atoms with van der Waals surface area (Å²) >= 11 is 9.55. The van der Waals surface area contributed by atoms with E-state index < -0.39 is 5.97 Å². The zero-order chi connectivity index (χ0) is 13.3. The summed E-state index contributed by atoms with van der Waals surface area (Å²) < 4.78 is 1.01. The van der Waals surface area contributed by atoms with Gasteiger partial charge in [0.05, 0.1) is 5.92 Å². The van der Waals surface area contributed by atoms with Gasteiger partial charge in [-0.25, -0.2) is 0 Å². The van der Waals surface area contributed by atoms with Crippen molar-refractivity contribution in [1.29, 1.82) is 0 Å². The Morgan fingerprint density at radius 2 is 2.28 bits per heavy atom. The Morgan fingerprint density at radius 3 is 2.89 bits per heavy atom. The number of likely N-dealkylation sites (tertiary alicyclic amines) is 1. The first-order valence-corrected chi connectivity index (χ1v) is 7.03. The van der Waals surface area contributed by atoms with Gasteiger partial charge >= 0.3 is 5.97 Å².